The lowest BCUT2D eigenvalue weighted by atomic mass is 10.1. The predicted octanol–water partition coefficient (Wildman–Crippen LogP) is 1.57. The van der Waals surface area contributed by atoms with Gasteiger partial charge in [0.05, 0.1) is 33.2 Å². The highest BCUT2D eigenvalue weighted by Gasteiger charge is 2.14. The maximum atomic E-state index is 11.8. The van der Waals surface area contributed by atoms with Crippen LogP contribution in [0.1, 0.15) is 5.56 Å². The number of ether oxygens (including phenoxy) is 2. The van der Waals surface area contributed by atoms with Gasteiger partial charge in [-0.3, -0.25) is 0 Å². The van der Waals surface area contributed by atoms with Crippen molar-refractivity contribution in [3.05, 3.63) is 60.3 Å². The van der Waals surface area contributed by atoms with Gasteiger partial charge in [-0.05, 0) is 11.6 Å². The van der Waals surface area contributed by atoms with Crippen molar-refractivity contribution >= 4 is 17.6 Å². The molecule has 0 radical (unpaired) electrons. The third-order valence-corrected chi connectivity index (χ3v) is 3.07. The van der Waals surface area contributed by atoms with Crippen LogP contribution in [0.3, 0.4) is 0 Å². The molecule has 0 unspecified atom stereocenters. The van der Waals surface area contributed by atoms with Crippen molar-refractivity contribution in [2.75, 3.05) is 19.5 Å². The molecule has 0 saturated carbocycles. The van der Waals surface area contributed by atoms with Crippen LogP contribution in [-0.2, 0) is 25.6 Å². The molecule has 1 heterocycles. The third kappa shape index (κ3) is 4.44. The SMILES string of the molecule is COC(=O)/C=C(/Nc1ccccc1Cn1ccnc1)C(=O)OC. The zero-order valence-electron chi connectivity index (χ0n) is 12.9. The second-order valence-corrected chi connectivity index (χ2v) is 4.59. The highest BCUT2D eigenvalue weighted by Crippen LogP contribution is 2.19. The first-order valence-corrected chi connectivity index (χ1v) is 6.82. The number of benzene rings is 1. The average molecular weight is 315 g/mol. The highest BCUT2D eigenvalue weighted by atomic mass is 16.5. The summed E-state index contributed by atoms with van der Waals surface area (Å²) < 4.78 is 11.1. The van der Waals surface area contributed by atoms with Gasteiger partial charge in [-0.25, -0.2) is 14.6 Å². The van der Waals surface area contributed by atoms with Gasteiger partial charge in [-0.2, -0.15) is 0 Å². The lowest BCUT2D eigenvalue weighted by molar-refractivity contribution is -0.138. The van der Waals surface area contributed by atoms with Crippen molar-refractivity contribution in [2.45, 2.75) is 6.54 Å². The monoisotopic (exact) mass is 315 g/mol. The maximum absolute atomic E-state index is 11.8. The number of para-hydroxylation sites is 1. The number of imidazole rings is 1. The number of esters is 2. The summed E-state index contributed by atoms with van der Waals surface area (Å²) >= 11 is 0. The number of anilines is 1. The Balaban J connectivity index is 2.27. The molecule has 2 rings (SSSR count). The Labute approximate surface area is 133 Å². The minimum absolute atomic E-state index is 0.00238. The number of carbonyl (C=O) groups excluding carboxylic acids is 2. The fraction of sp³-hybridized carbons (Fsp3) is 0.188. The Morgan fingerprint density at radius 2 is 2.04 bits per heavy atom. The quantitative estimate of drug-likeness (QED) is 0.643. The number of hydrogen-bond donors (Lipinski definition) is 1. The normalized spacial score (nSPS) is 11.0. The van der Waals surface area contributed by atoms with Crippen molar-refractivity contribution < 1.29 is 19.1 Å². The van der Waals surface area contributed by atoms with Crippen LogP contribution in [0.4, 0.5) is 5.69 Å². The van der Waals surface area contributed by atoms with Gasteiger partial charge in [-0.1, -0.05) is 18.2 Å². The summed E-state index contributed by atoms with van der Waals surface area (Å²) in [6.07, 6.45) is 6.28. The molecule has 0 aliphatic heterocycles. The average Bonchev–Trinajstić information content (AvgIpc) is 3.08. The van der Waals surface area contributed by atoms with Crippen LogP contribution in [0.2, 0.25) is 0 Å². The number of methoxy groups -OCH3 is 2. The van der Waals surface area contributed by atoms with Gasteiger partial charge < -0.3 is 19.4 Å². The molecule has 0 bridgehead atoms. The maximum Gasteiger partial charge on any atom is 0.354 e. The van der Waals surface area contributed by atoms with E-state index in [4.69, 9.17) is 0 Å². The van der Waals surface area contributed by atoms with Crippen LogP contribution >= 0.6 is 0 Å². The zero-order chi connectivity index (χ0) is 16.7. The number of rotatable bonds is 6. The Kier molecular flexibility index (Phi) is 5.51. The van der Waals surface area contributed by atoms with E-state index in [0.29, 0.717) is 12.2 Å². The molecule has 0 aliphatic carbocycles. The molecule has 1 aromatic carbocycles. The Bertz CT molecular complexity index is 708. The topological polar surface area (TPSA) is 82.5 Å². The number of aromatic nitrogens is 2. The minimum Gasteiger partial charge on any atom is -0.466 e. The fourth-order valence-corrected chi connectivity index (χ4v) is 1.93. The Hall–Kier alpha value is -3.09. The molecule has 0 spiro atoms. The number of hydrogen-bond acceptors (Lipinski definition) is 6. The van der Waals surface area contributed by atoms with Crippen molar-refractivity contribution in [3.63, 3.8) is 0 Å². The van der Waals surface area contributed by atoms with Crippen LogP contribution < -0.4 is 5.32 Å². The lowest BCUT2D eigenvalue weighted by Crippen LogP contribution is -2.16. The molecule has 23 heavy (non-hydrogen) atoms. The molecule has 1 N–H and O–H groups in total. The molecule has 2 aromatic rings. The largest absolute Gasteiger partial charge is 0.466 e. The first kappa shape index (κ1) is 16.3. The molecule has 0 atom stereocenters. The van der Waals surface area contributed by atoms with Crippen LogP contribution in [-0.4, -0.2) is 35.7 Å². The van der Waals surface area contributed by atoms with Gasteiger partial charge in [-0.15, -0.1) is 0 Å². The van der Waals surface area contributed by atoms with E-state index in [0.717, 1.165) is 11.6 Å². The summed E-state index contributed by atoms with van der Waals surface area (Å²) in [6.45, 7) is 0.565. The Morgan fingerprint density at radius 3 is 2.70 bits per heavy atom. The standard InChI is InChI=1S/C16H17N3O4/c1-22-15(20)9-14(16(21)23-2)18-13-6-4-3-5-12(13)10-19-8-7-17-11-19/h3-9,11,18H,10H2,1-2H3/b14-9+. The van der Waals surface area contributed by atoms with Gasteiger partial charge in [0.1, 0.15) is 5.70 Å². The van der Waals surface area contributed by atoms with Crippen LogP contribution in [0.25, 0.3) is 0 Å². The van der Waals surface area contributed by atoms with E-state index in [9.17, 15) is 9.59 Å². The molecular formula is C16H17N3O4. The smallest absolute Gasteiger partial charge is 0.354 e. The number of carbonyl (C=O) groups is 2. The van der Waals surface area contributed by atoms with E-state index >= 15 is 0 Å². The number of nitrogens with one attached hydrogen (secondary N) is 1. The van der Waals surface area contributed by atoms with Gasteiger partial charge in [0.15, 0.2) is 0 Å². The van der Waals surface area contributed by atoms with E-state index in [1.165, 1.54) is 14.2 Å². The molecular weight excluding hydrogens is 298 g/mol. The van der Waals surface area contributed by atoms with E-state index in [-0.39, 0.29) is 5.70 Å². The van der Waals surface area contributed by atoms with Crippen LogP contribution in [0.15, 0.2) is 54.8 Å². The van der Waals surface area contributed by atoms with Crippen LogP contribution in [0.5, 0.6) is 0 Å². The third-order valence-electron chi connectivity index (χ3n) is 3.07. The van der Waals surface area contributed by atoms with Gasteiger partial charge >= 0.3 is 11.9 Å². The Morgan fingerprint density at radius 1 is 1.26 bits per heavy atom. The molecule has 7 heteroatoms. The summed E-state index contributed by atoms with van der Waals surface area (Å²) in [7, 11) is 2.48. The summed E-state index contributed by atoms with van der Waals surface area (Å²) in [4.78, 5) is 27.2. The van der Waals surface area contributed by atoms with E-state index < -0.39 is 11.9 Å². The van der Waals surface area contributed by atoms with Crippen LogP contribution in [0, 0.1) is 0 Å². The van der Waals surface area contributed by atoms with Crippen molar-refractivity contribution in [3.8, 4) is 0 Å². The molecule has 1 aromatic heterocycles. The van der Waals surface area contributed by atoms with Crippen molar-refractivity contribution in [1.82, 2.24) is 9.55 Å². The molecule has 7 nitrogen and oxygen atoms in total. The first-order valence-electron chi connectivity index (χ1n) is 6.82. The predicted molar refractivity (Wildman–Crippen MR) is 83.5 cm³/mol. The summed E-state index contributed by atoms with van der Waals surface area (Å²) in [5, 5.41) is 2.93. The summed E-state index contributed by atoms with van der Waals surface area (Å²) in [5.74, 6) is -1.31. The molecule has 120 valence electrons. The lowest BCUT2D eigenvalue weighted by Gasteiger charge is -2.13. The van der Waals surface area contributed by atoms with Gasteiger partial charge in [0.2, 0.25) is 0 Å². The fourth-order valence-electron chi connectivity index (χ4n) is 1.93. The van der Waals surface area contributed by atoms with Gasteiger partial charge in [0, 0.05) is 18.1 Å². The molecule has 0 fully saturated rings. The molecule has 0 saturated heterocycles. The molecule has 0 amide bonds. The van der Waals surface area contributed by atoms with Gasteiger partial charge in [0.25, 0.3) is 0 Å². The second kappa shape index (κ2) is 7.79. The zero-order valence-corrected chi connectivity index (χ0v) is 12.9. The first-order chi connectivity index (χ1) is 11.1. The van der Waals surface area contributed by atoms with E-state index in [1.54, 1.807) is 18.6 Å². The van der Waals surface area contributed by atoms with E-state index in [1.807, 2.05) is 29.0 Å². The second-order valence-electron chi connectivity index (χ2n) is 4.59. The highest BCUT2D eigenvalue weighted by molar-refractivity contribution is 5.98. The summed E-state index contributed by atoms with van der Waals surface area (Å²) in [6, 6.07) is 7.43. The molecule has 0 aliphatic rings. The van der Waals surface area contributed by atoms with E-state index in [2.05, 4.69) is 19.8 Å². The minimum atomic E-state index is -0.659. The van der Waals surface area contributed by atoms with Crippen molar-refractivity contribution in [2.24, 2.45) is 0 Å². The van der Waals surface area contributed by atoms with Crippen molar-refractivity contribution in [1.29, 1.82) is 0 Å². The summed E-state index contributed by atoms with van der Waals surface area (Å²) in [5.41, 5.74) is 1.60. The number of nitrogens with zero attached hydrogens (tertiary/aromatic N) is 2.